The lowest BCUT2D eigenvalue weighted by Crippen LogP contribution is -2.07. The molecule has 0 radical (unpaired) electrons. The van der Waals surface area contributed by atoms with Crippen LogP contribution in [0, 0.1) is 13.8 Å². The number of rotatable bonds is 3. The van der Waals surface area contributed by atoms with E-state index >= 15 is 0 Å². The van der Waals surface area contributed by atoms with Gasteiger partial charge in [-0.1, -0.05) is 18.2 Å². The molecule has 0 bridgehead atoms. The average Bonchev–Trinajstić information content (AvgIpc) is 2.88. The average molecular weight is 268 g/mol. The van der Waals surface area contributed by atoms with E-state index < -0.39 is 0 Å². The van der Waals surface area contributed by atoms with Crippen molar-refractivity contribution in [2.75, 3.05) is 7.05 Å². The van der Waals surface area contributed by atoms with Crippen molar-refractivity contribution in [3.8, 4) is 11.1 Å². The Kier molecular flexibility index (Phi) is 3.10. The second-order valence-electron chi connectivity index (χ2n) is 5.23. The van der Waals surface area contributed by atoms with Crippen molar-refractivity contribution in [1.29, 1.82) is 0 Å². The number of aromatic amines is 1. The van der Waals surface area contributed by atoms with E-state index in [2.05, 4.69) is 53.5 Å². The zero-order valence-electron chi connectivity index (χ0n) is 12.4. The molecule has 0 aliphatic rings. The lowest BCUT2D eigenvalue weighted by Gasteiger charge is -2.05. The highest BCUT2D eigenvalue weighted by molar-refractivity contribution is 5.98. The molecule has 0 aliphatic heterocycles. The second kappa shape index (κ2) is 4.80. The minimum Gasteiger partial charge on any atom is -0.358 e. The van der Waals surface area contributed by atoms with Gasteiger partial charge in [0, 0.05) is 47.0 Å². The van der Waals surface area contributed by atoms with Gasteiger partial charge < -0.3 is 10.3 Å². The van der Waals surface area contributed by atoms with Crippen LogP contribution in [0.2, 0.25) is 0 Å². The molecule has 104 valence electrons. The maximum absolute atomic E-state index is 4.64. The van der Waals surface area contributed by atoms with Gasteiger partial charge in [-0.05, 0) is 27.0 Å². The summed E-state index contributed by atoms with van der Waals surface area (Å²) in [7, 11) is 3.96. The first-order chi connectivity index (χ1) is 9.63. The number of fused-ring (bicyclic) bond motifs is 1. The van der Waals surface area contributed by atoms with Crippen molar-refractivity contribution < 1.29 is 0 Å². The zero-order chi connectivity index (χ0) is 14.3. The van der Waals surface area contributed by atoms with Gasteiger partial charge in [-0.25, -0.2) is 0 Å². The number of benzene rings is 1. The maximum Gasteiger partial charge on any atom is 0.0844 e. The largest absolute Gasteiger partial charge is 0.358 e. The predicted octanol–water partition coefficient (Wildman–Crippen LogP) is 2.90. The molecule has 2 aromatic heterocycles. The van der Waals surface area contributed by atoms with Gasteiger partial charge in [-0.2, -0.15) is 5.10 Å². The van der Waals surface area contributed by atoms with Gasteiger partial charge >= 0.3 is 0 Å². The van der Waals surface area contributed by atoms with Gasteiger partial charge in [0.05, 0.1) is 5.69 Å². The fraction of sp³-hybridized carbons (Fsp3) is 0.312. The Balaban J connectivity index is 2.33. The number of H-pyrrole nitrogens is 1. The number of para-hydroxylation sites is 1. The summed E-state index contributed by atoms with van der Waals surface area (Å²) >= 11 is 0. The molecule has 0 amide bonds. The fourth-order valence-electron chi connectivity index (χ4n) is 2.89. The Bertz CT molecular complexity index is 764. The molecule has 0 unspecified atom stereocenters. The third-order valence-corrected chi connectivity index (χ3v) is 3.89. The Morgan fingerprint density at radius 3 is 2.70 bits per heavy atom. The first-order valence-corrected chi connectivity index (χ1v) is 6.88. The molecule has 0 saturated heterocycles. The monoisotopic (exact) mass is 268 g/mol. The molecular weight excluding hydrogens is 248 g/mol. The predicted molar refractivity (Wildman–Crippen MR) is 82.7 cm³/mol. The van der Waals surface area contributed by atoms with E-state index in [1.165, 1.54) is 33.4 Å². The number of hydrogen-bond acceptors (Lipinski definition) is 2. The summed E-state index contributed by atoms with van der Waals surface area (Å²) in [4.78, 5) is 3.47. The molecule has 20 heavy (non-hydrogen) atoms. The summed E-state index contributed by atoms with van der Waals surface area (Å²) in [6, 6.07) is 8.44. The molecule has 4 nitrogen and oxygen atoms in total. The lowest BCUT2D eigenvalue weighted by atomic mass is 10.00. The van der Waals surface area contributed by atoms with Crippen molar-refractivity contribution in [2.24, 2.45) is 7.05 Å². The first-order valence-electron chi connectivity index (χ1n) is 6.88. The third-order valence-electron chi connectivity index (χ3n) is 3.89. The SMILES string of the molecule is CNCc1nn(C)c(C)c1-c1c(C)[nH]c2ccccc12. The molecule has 0 fully saturated rings. The Morgan fingerprint density at radius 1 is 1.20 bits per heavy atom. The summed E-state index contributed by atoms with van der Waals surface area (Å²) in [5.41, 5.74) is 7.19. The molecule has 0 atom stereocenters. The van der Waals surface area contributed by atoms with Crippen molar-refractivity contribution in [3.63, 3.8) is 0 Å². The lowest BCUT2D eigenvalue weighted by molar-refractivity contribution is 0.698. The number of aryl methyl sites for hydroxylation is 2. The van der Waals surface area contributed by atoms with Gasteiger partial charge in [0.15, 0.2) is 0 Å². The Labute approximate surface area is 118 Å². The van der Waals surface area contributed by atoms with Crippen LogP contribution in [0.5, 0.6) is 0 Å². The van der Waals surface area contributed by atoms with E-state index in [9.17, 15) is 0 Å². The number of hydrogen-bond donors (Lipinski definition) is 2. The molecular formula is C16H20N4. The summed E-state index contributed by atoms with van der Waals surface area (Å²) in [5.74, 6) is 0. The summed E-state index contributed by atoms with van der Waals surface area (Å²) < 4.78 is 1.96. The highest BCUT2D eigenvalue weighted by Crippen LogP contribution is 2.35. The van der Waals surface area contributed by atoms with E-state index in [1.54, 1.807) is 0 Å². The van der Waals surface area contributed by atoms with Crippen molar-refractivity contribution in [1.82, 2.24) is 20.1 Å². The van der Waals surface area contributed by atoms with Crippen LogP contribution in [0.3, 0.4) is 0 Å². The number of nitrogens with one attached hydrogen (secondary N) is 2. The fourth-order valence-corrected chi connectivity index (χ4v) is 2.89. The van der Waals surface area contributed by atoms with E-state index in [0.717, 1.165) is 12.2 Å². The summed E-state index contributed by atoms with van der Waals surface area (Å²) in [6.45, 7) is 5.03. The first kappa shape index (κ1) is 12.9. The van der Waals surface area contributed by atoms with Crippen LogP contribution < -0.4 is 5.32 Å². The van der Waals surface area contributed by atoms with E-state index in [4.69, 9.17) is 0 Å². The third kappa shape index (κ3) is 1.84. The van der Waals surface area contributed by atoms with Gasteiger partial charge in [-0.3, -0.25) is 4.68 Å². The molecule has 3 aromatic rings. The van der Waals surface area contributed by atoms with Crippen LogP contribution in [0.25, 0.3) is 22.0 Å². The van der Waals surface area contributed by atoms with Gasteiger partial charge in [0.25, 0.3) is 0 Å². The van der Waals surface area contributed by atoms with Gasteiger partial charge in [0.2, 0.25) is 0 Å². The van der Waals surface area contributed by atoms with Crippen LogP contribution in [-0.4, -0.2) is 21.8 Å². The normalized spacial score (nSPS) is 11.4. The molecule has 0 saturated carbocycles. The van der Waals surface area contributed by atoms with Crippen LogP contribution in [0.1, 0.15) is 17.1 Å². The van der Waals surface area contributed by atoms with Crippen LogP contribution >= 0.6 is 0 Å². The maximum atomic E-state index is 4.64. The van der Waals surface area contributed by atoms with Gasteiger partial charge in [-0.15, -0.1) is 0 Å². The van der Waals surface area contributed by atoms with Crippen LogP contribution in [-0.2, 0) is 13.6 Å². The molecule has 4 heteroatoms. The second-order valence-corrected chi connectivity index (χ2v) is 5.23. The van der Waals surface area contributed by atoms with Crippen molar-refractivity contribution >= 4 is 10.9 Å². The molecule has 0 aliphatic carbocycles. The van der Waals surface area contributed by atoms with E-state index in [-0.39, 0.29) is 0 Å². The molecule has 0 spiro atoms. The Morgan fingerprint density at radius 2 is 1.95 bits per heavy atom. The molecule has 2 N–H and O–H groups in total. The quantitative estimate of drug-likeness (QED) is 0.767. The smallest absolute Gasteiger partial charge is 0.0844 e. The van der Waals surface area contributed by atoms with Crippen molar-refractivity contribution in [3.05, 3.63) is 41.3 Å². The minimum atomic E-state index is 0.774. The highest BCUT2D eigenvalue weighted by atomic mass is 15.3. The number of aromatic nitrogens is 3. The Hall–Kier alpha value is -2.07. The molecule has 3 rings (SSSR count). The summed E-state index contributed by atoms with van der Waals surface area (Å²) in [6.07, 6.45) is 0. The van der Waals surface area contributed by atoms with Crippen LogP contribution in [0.15, 0.2) is 24.3 Å². The van der Waals surface area contributed by atoms with E-state index in [0.29, 0.717) is 0 Å². The van der Waals surface area contributed by atoms with Crippen LogP contribution in [0.4, 0.5) is 0 Å². The van der Waals surface area contributed by atoms with Gasteiger partial charge in [0.1, 0.15) is 0 Å². The highest BCUT2D eigenvalue weighted by Gasteiger charge is 2.19. The number of nitrogens with zero attached hydrogens (tertiary/aromatic N) is 2. The molecule has 2 heterocycles. The van der Waals surface area contributed by atoms with Crippen molar-refractivity contribution in [2.45, 2.75) is 20.4 Å². The summed E-state index contributed by atoms with van der Waals surface area (Å²) in [5, 5.41) is 9.11. The zero-order valence-corrected chi connectivity index (χ0v) is 12.4. The standard InChI is InChI=1S/C16H20N4/c1-10-15(12-7-5-6-8-13(12)18-10)16-11(2)20(4)19-14(16)9-17-3/h5-8,17-18H,9H2,1-4H3. The molecule has 1 aromatic carbocycles. The van der Waals surface area contributed by atoms with E-state index in [1.807, 2.05) is 18.8 Å². The minimum absolute atomic E-state index is 0.774. The topological polar surface area (TPSA) is 45.6 Å².